The fourth-order valence-corrected chi connectivity index (χ4v) is 5.61. The number of ether oxygens (including phenoxy) is 1. The van der Waals surface area contributed by atoms with Crippen LogP contribution < -0.4 is 0 Å². The predicted octanol–water partition coefficient (Wildman–Crippen LogP) is 3.92. The Labute approximate surface area is 194 Å². The van der Waals surface area contributed by atoms with Crippen molar-refractivity contribution in [1.29, 1.82) is 0 Å². The second kappa shape index (κ2) is 9.91. The van der Waals surface area contributed by atoms with Crippen LogP contribution in [0.1, 0.15) is 35.5 Å². The average molecular weight is 469 g/mol. The number of rotatable bonds is 7. The van der Waals surface area contributed by atoms with Gasteiger partial charge >= 0.3 is 0 Å². The standard InChI is InChI=1S/C25H28N2O5S/c1-19-15-27(16-20(2)32-19)33(29,30)24-12-10-22(11-13-24)25(28)26(18-23-9-6-14-31-23)17-21-7-4-3-5-8-21/h3-14,19-20H,15-18H2,1-2H3. The summed E-state index contributed by atoms with van der Waals surface area (Å²) in [5, 5.41) is 0. The molecule has 4 rings (SSSR count). The summed E-state index contributed by atoms with van der Waals surface area (Å²) in [6.07, 6.45) is 1.24. The highest BCUT2D eigenvalue weighted by atomic mass is 32.2. The molecule has 2 atom stereocenters. The van der Waals surface area contributed by atoms with Crippen molar-refractivity contribution < 1.29 is 22.4 Å². The fourth-order valence-electron chi connectivity index (χ4n) is 4.02. The van der Waals surface area contributed by atoms with Crippen LogP contribution in [0.5, 0.6) is 0 Å². The van der Waals surface area contributed by atoms with E-state index in [2.05, 4.69) is 0 Å². The molecule has 2 heterocycles. The first kappa shape index (κ1) is 23.2. The maximum absolute atomic E-state index is 13.3. The number of carbonyl (C=O) groups excluding carboxylic acids is 1. The second-order valence-corrected chi connectivity index (χ2v) is 10.3. The highest BCUT2D eigenvalue weighted by Crippen LogP contribution is 2.22. The smallest absolute Gasteiger partial charge is 0.254 e. The van der Waals surface area contributed by atoms with Crippen molar-refractivity contribution in [3.05, 3.63) is 89.9 Å². The van der Waals surface area contributed by atoms with E-state index in [1.165, 1.54) is 16.4 Å². The van der Waals surface area contributed by atoms with Crippen LogP contribution in [0.4, 0.5) is 0 Å². The van der Waals surface area contributed by atoms with Gasteiger partial charge < -0.3 is 14.1 Å². The number of benzene rings is 2. The van der Waals surface area contributed by atoms with Crippen LogP contribution in [0.2, 0.25) is 0 Å². The van der Waals surface area contributed by atoms with Crippen LogP contribution in [0.15, 0.2) is 82.3 Å². The van der Waals surface area contributed by atoms with Crippen LogP contribution in [0.3, 0.4) is 0 Å². The molecule has 0 aliphatic carbocycles. The molecule has 1 amide bonds. The van der Waals surface area contributed by atoms with Gasteiger partial charge in [0.15, 0.2) is 0 Å². The fraction of sp³-hybridized carbons (Fsp3) is 0.320. The molecule has 3 aromatic rings. The molecule has 174 valence electrons. The Morgan fingerprint density at radius 3 is 2.21 bits per heavy atom. The maximum Gasteiger partial charge on any atom is 0.254 e. The number of furan rings is 1. The summed E-state index contributed by atoms with van der Waals surface area (Å²) in [7, 11) is -3.67. The topological polar surface area (TPSA) is 80.1 Å². The van der Waals surface area contributed by atoms with Gasteiger partial charge in [0, 0.05) is 25.2 Å². The molecule has 1 aliphatic rings. The third-order valence-corrected chi connectivity index (χ3v) is 7.40. The van der Waals surface area contributed by atoms with E-state index in [0.717, 1.165) is 5.56 Å². The maximum atomic E-state index is 13.3. The minimum atomic E-state index is -3.67. The van der Waals surface area contributed by atoms with Gasteiger partial charge in [0.25, 0.3) is 5.91 Å². The Bertz CT molecular complexity index is 1150. The van der Waals surface area contributed by atoms with E-state index >= 15 is 0 Å². The third-order valence-electron chi connectivity index (χ3n) is 5.56. The molecule has 1 aromatic heterocycles. The van der Waals surface area contributed by atoms with Crippen molar-refractivity contribution >= 4 is 15.9 Å². The predicted molar refractivity (Wildman–Crippen MR) is 124 cm³/mol. The molecule has 7 nitrogen and oxygen atoms in total. The first-order chi connectivity index (χ1) is 15.8. The van der Waals surface area contributed by atoms with E-state index in [-0.39, 0.29) is 23.0 Å². The van der Waals surface area contributed by atoms with E-state index in [9.17, 15) is 13.2 Å². The molecule has 1 saturated heterocycles. The van der Waals surface area contributed by atoms with Crippen molar-refractivity contribution in [2.75, 3.05) is 13.1 Å². The molecule has 0 spiro atoms. The highest BCUT2D eigenvalue weighted by Gasteiger charge is 2.32. The molecule has 2 unspecified atom stereocenters. The van der Waals surface area contributed by atoms with E-state index < -0.39 is 10.0 Å². The van der Waals surface area contributed by atoms with Crippen molar-refractivity contribution in [3.63, 3.8) is 0 Å². The summed E-state index contributed by atoms with van der Waals surface area (Å²) in [4.78, 5) is 15.2. The van der Waals surface area contributed by atoms with Gasteiger partial charge in [-0.25, -0.2) is 8.42 Å². The molecule has 1 fully saturated rings. The summed E-state index contributed by atoms with van der Waals surface area (Å²) in [6.45, 7) is 5.05. The number of nitrogens with zero attached hydrogens (tertiary/aromatic N) is 2. The normalized spacial score (nSPS) is 19.3. The number of hydrogen-bond acceptors (Lipinski definition) is 5. The molecule has 1 aliphatic heterocycles. The number of hydrogen-bond donors (Lipinski definition) is 0. The lowest BCUT2D eigenvalue weighted by Gasteiger charge is -2.34. The first-order valence-electron chi connectivity index (χ1n) is 10.9. The van der Waals surface area contributed by atoms with Crippen LogP contribution >= 0.6 is 0 Å². The highest BCUT2D eigenvalue weighted by molar-refractivity contribution is 7.89. The van der Waals surface area contributed by atoms with Gasteiger partial charge in [-0.1, -0.05) is 30.3 Å². The van der Waals surface area contributed by atoms with Crippen LogP contribution in [0.25, 0.3) is 0 Å². The molecule has 8 heteroatoms. The zero-order valence-corrected chi connectivity index (χ0v) is 19.6. The summed E-state index contributed by atoms with van der Waals surface area (Å²) in [6, 6.07) is 19.5. The molecular formula is C25H28N2O5S. The van der Waals surface area contributed by atoms with Gasteiger partial charge in [-0.05, 0) is 55.8 Å². The van der Waals surface area contributed by atoms with Gasteiger partial charge in [-0.2, -0.15) is 4.31 Å². The van der Waals surface area contributed by atoms with Crippen LogP contribution in [0, 0.1) is 0 Å². The monoisotopic (exact) mass is 468 g/mol. The van der Waals surface area contributed by atoms with Crippen molar-refractivity contribution in [2.45, 2.75) is 44.0 Å². The van der Waals surface area contributed by atoms with Crippen molar-refractivity contribution in [3.8, 4) is 0 Å². The molecule has 33 heavy (non-hydrogen) atoms. The van der Waals surface area contributed by atoms with Crippen molar-refractivity contribution in [1.82, 2.24) is 9.21 Å². The van der Waals surface area contributed by atoms with Crippen LogP contribution in [-0.2, 0) is 27.8 Å². The van der Waals surface area contributed by atoms with Crippen LogP contribution in [-0.4, -0.2) is 48.8 Å². The Balaban J connectivity index is 1.54. The quantitative estimate of drug-likeness (QED) is 0.525. The van der Waals surface area contributed by atoms with Gasteiger partial charge in [0.05, 0.1) is 29.9 Å². The molecule has 0 N–H and O–H groups in total. The molecule has 0 saturated carbocycles. The third kappa shape index (κ3) is 5.52. The van der Waals surface area contributed by atoms with Gasteiger partial charge in [0.2, 0.25) is 10.0 Å². The first-order valence-corrected chi connectivity index (χ1v) is 12.4. The van der Waals surface area contributed by atoms with Gasteiger partial charge in [-0.3, -0.25) is 4.79 Å². The lowest BCUT2D eigenvalue weighted by atomic mass is 10.1. The molecule has 0 bridgehead atoms. The average Bonchev–Trinajstić information content (AvgIpc) is 3.31. The minimum Gasteiger partial charge on any atom is -0.467 e. The summed E-state index contributed by atoms with van der Waals surface area (Å²) < 4.78 is 38.8. The SMILES string of the molecule is CC1CN(S(=O)(=O)c2ccc(C(=O)N(Cc3ccccc3)Cc3ccco3)cc2)CC(C)O1. The minimum absolute atomic E-state index is 0.168. The second-order valence-electron chi connectivity index (χ2n) is 8.33. The number of carbonyl (C=O) groups is 1. The molecule has 2 aromatic carbocycles. The lowest BCUT2D eigenvalue weighted by molar-refractivity contribution is -0.0440. The Morgan fingerprint density at radius 1 is 0.939 bits per heavy atom. The zero-order valence-electron chi connectivity index (χ0n) is 18.8. The summed E-state index contributed by atoms with van der Waals surface area (Å²) >= 11 is 0. The van der Waals surface area contributed by atoms with E-state index in [1.54, 1.807) is 29.4 Å². The lowest BCUT2D eigenvalue weighted by Crippen LogP contribution is -2.48. The van der Waals surface area contributed by atoms with E-state index in [1.807, 2.05) is 50.2 Å². The number of amides is 1. The largest absolute Gasteiger partial charge is 0.467 e. The number of morpholine rings is 1. The number of sulfonamides is 1. The van der Waals surface area contributed by atoms with Gasteiger partial charge in [0.1, 0.15) is 5.76 Å². The summed E-state index contributed by atoms with van der Waals surface area (Å²) in [5.74, 6) is 0.474. The molecule has 0 radical (unpaired) electrons. The van der Waals surface area contributed by atoms with Crippen molar-refractivity contribution in [2.24, 2.45) is 0 Å². The zero-order chi connectivity index (χ0) is 23.4. The Hall–Kier alpha value is -2.94. The Kier molecular flexibility index (Phi) is 6.97. The van der Waals surface area contributed by atoms with E-state index in [4.69, 9.17) is 9.15 Å². The van der Waals surface area contributed by atoms with Gasteiger partial charge in [-0.15, -0.1) is 0 Å². The summed E-state index contributed by atoms with van der Waals surface area (Å²) in [5.41, 5.74) is 1.41. The Morgan fingerprint density at radius 2 is 1.61 bits per heavy atom. The molecular weight excluding hydrogens is 440 g/mol. The van der Waals surface area contributed by atoms with E-state index in [0.29, 0.717) is 37.5 Å².